The Balaban J connectivity index is 1.45. The second kappa shape index (κ2) is 11.5. The van der Waals surface area contributed by atoms with Crippen LogP contribution in [-0.4, -0.2) is 64.7 Å². The van der Waals surface area contributed by atoms with E-state index in [0.29, 0.717) is 19.5 Å². The van der Waals surface area contributed by atoms with Gasteiger partial charge >= 0.3 is 5.97 Å². The number of rotatable bonds is 8. The van der Waals surface area contributed by atoms with Crippen LogP contribution in [0.15, 0.2) is 52.3 Å². The molecule has 45 heavy (non-hydrogen) atoms. The van der Waals surface area contributed by atoms with Gasteiger partial charge in [-0.05, 0) is 94.9 Å². The van der Waals surface area contributed by atoms with Crippen molar-refractivity contribution in [3.8, 4) is 0 Å². The number of anilines is 1. The fraction of sp³-hybridized carbons (Fsp3) is 0.375. The highest BCUT2D eigenvalue weighted by atomic mass is 32.2. The predicted octanol–water partition coefficient (Wildman–Crippen LogP) is 1.40. The molecule has 0 radical (unpaired) electrons. The van der Waals surface area contributed by atoms with Gasteiger partial charge in [0.05, 0.1) is 4.90 Å². The number of carbonyl (C=O) groups is 1. The molecule has 3 aromatic rings. The van der Waals surface area contributed by atoms with Gasteiger partial charge in [-0.15, -0.1) is 0 Å². The summed E-state index contributed by atoms with van der Waals surface area (Å²) >= 11 is 0. The first-order valence-corrected chi connectivity index (χ1v) is 21.0. The maximum Gasteiger partial charge on any atom is 0.303 e. The molecule has 3 aliphatic rings. The van der Waals surface area contributed by atoms with Gasteiger partial charge < -0.3 is 10.0 Å². The first kappa shape index (κ1) is 31.6. The Morgan fingerprint density at radius 3 is 2.40 bits per heavy atom. The van der Waals surface area contributed by atoms with E-state index in [1.807, 2.05) is 0 Å². The van der Waals surface area contributed by atoms with Crippen LogP contribution in [-0.2, 0) is 44.4 Å². The topological polar surface area (TPSA) is 152 Å². The molecule has 0 fully saturated rings. The highest BCUT2D eigenvalue weighted by molar-refractivity contribution is 7.86. The van der Waals surface area contributed by atoms with E-state index in [-0.39, 0.29) is 18.5 Å². The van der Waals surface area contributed by atoms with Crippen molar-refractivity contribution in [2.45, 2.75) is 68.0 Å². The van der Waals surface area contributed by atoms with Crippen LogP contribution in [0.1, 0.15) is 47.9 Å². The average molecular weight is 670 g/mol. The normalized spacial score (nSPS) is 17.1. The van der Waals surface area contributed by atoms with Crippen LogP contribution >= 0.6 is 0 Å². The lowest BCUT2D eigenvalue weighted by Gasteiger charge is -2.36. The van der Waals surface area contributed by atoms with Crippen LogP contribution < -0.4 is 30.4 Å². The summed E-state index contributed by atoms with van der Waals surface area (Å²) in [5.41, 5.74) is 5.13. The highest BCUT2D eigenvalue weighted by Gasteiger charge is 2.35. The summed E-state index contributed by atoms with van der Waals surface area (Å²) in [7, 11) is -11.7. The fourth-order valence-corrected chi connectivity index (χ4v) is 11.5. The van der Waals surface area contributed by atoms with E-state index < -0.39 is 44.1 Å². The molecule has 0 aromatic heterocycles. The molecule has 0 saturated heterocycles. The summed E-state index contributed by atoms with van der Waals surface area (Å²) in [6.45, 7) is 7.08. The molecule has 0 amide bonds. The van der Waals surface area contributed by atoms with Crippen molar-refractivity contribution < 1.29 is 35.8 Å². The van der Waals surface area contributed by atoms with Crippen LogP contribution in [0.25, 0.3) is 6.08 Å². The van der Waals surface area contributed by atoms with Gasteiger partial charge in [-0.25, -0.2) is 4.58 Å². The molecule has 0 unspecified atom stereocenters. The molecule has 10 nitrogen and oxygen atoms in total. The van der Waals surface area contributed by atoms with E-state index >= 15 is 0 Å². The molecule has 0 aliphatic carbocycles. The summed E-state index contributed by atoms with van der Waals surface area (Å²) < 4.78 is 69.3. The number of hydrogen-bond donors (Lipinski definition) is 3. The largest absolute Gasteiger partial charge is 0.481 e. The second-order valence-corrected chi connectivity index (χ2v) is 19.9. The molecule has 0 spiro atoms. The highest BCUT2D eigenvalue weighted by Crippen LogP contribution is 2.30. The third kappa shape index (κ3) is 6.11. The van der Waals surface area contributed by atoms with Crippen LogP contribution in [0.5, 0.6) is 0 Å². The maximum absolute atomic E-state index is 12.3. The average Bonchev–Trinajstić information content (AvgIpc) is 2.95. The zero-order valence-corrected chi connectivity index (χ0v) is 27.9. The van der Waals surface area contributed by atoms with Crippen LogP contribution in [0, 0.1) is 0 Å². The Morgan fingerprint density at radius 2 is 1.69 bits per heavy atom. The zero-order valence-electron chi connectivity index (χ0n) is 25.3. The minimum absolute atomic E-state index is 0.133. The molecular weight excluding hydrogens is 633 g/mol. The van der Waals surface area contributed by atoms with Crippen molar-refractivity contribution >= 4 is 56.4 Å². The van der Waals surface area contributed by atoms with Gasteiger partial charge in [-0.1, -0.05) is 13.1 Å². The SMILES string of the molecule is C[Si]1(C)c2cc3c(cc2C=c2cc4c(cc21)=[N+](Cc1ccc(S(=O)(=O)O)cc1S(=O)(=O)O)CCC4)CCCN3CCCC(=O)O. The van der Waals surface area contributed by atoms with E-state index in [2.05, 4.69) is 52.9 Å². The number of aryl methyl sites for hydroxylation is 2. The predicted molar refractivity (Wildman–Crippen MR) is 174 cm³/mol. The van der Waals surface area contributed by atoms with Gasteiger partial charge in [0, 0.05) is 48.8 Å². The lowest BCUT2D eigenvalue weighted by Crippen LogP contribution is -2.63. The van der Waals surface area contributed by atoms with Gasteiger partial charge in [-0.2, -0.15) is 16.8 Å². The standard InChI is InChI=1S/C32H36N2O8S2Si/c1-45(2)30-18-27-21(6-3-11-33(27)12-5-8-32(35)36)14-24(30)16-25-15-22-7-4-13-34(28(22)19-31(25)45)20-23-9-10-26(43(37,38)39)17-29(23)44(40,41)42/h9-10,14-19H,3-8,11-13,20H2,1-2H3,(H2-,35,36,37,38,39,40,41,42)/p+1. The van der Waals surface area contributed by atoms with Gasteiger partial charge in [0.2, 0.25) is 5.36 Å². The summed E-state index contributed by atoms with van der Waals surface area (Å²) in [5.74, 6) is -0.779. The van der Waals surface area contributed by atoms with Crippen LogP contribution in [0.2, 0.25) is 13.1 Å². The fourth-order valence-electron chi connectivity index (χ4n) is 7.18. The minimum Gasteiger partial charge on any atom is -0.481 e. The molecule has 3 aliphatic heterocycles. The Kier molecular flexibility index (Phi) is 8.05. The number of fused-ring (bicyclic) bond motifs is 4. The van der Waals surface area contributed by atoms with Gasteiger partial charge in [-0.3, -0.25) is 13.9 Å². The summed E-state index contributed by atoms with van der Waals surface area (Å²) in [6, 6.07) is 12.4. The molecule has 3 N–H and O–H groups in total. The first-order chi connectivity index (χ1) is 21.1. The number of hydrogen-bond acceptors (Lipinski definition) is 6. The lowest BCUT2D eigenvalue weighted by molar-refractivity contribution is -0.137. The molecule has 3 aromatic carbocycles. The summed E-state index contributed by atoms with van der Waals surface area (Å²) in [5, 5.41) is 13.9. The van der Waals surface area contributed by atoms with E-state index in [9.17, 15) is 30.7 Å². The monoisotopic (exact) mass is 669 g/mol. The summed E-state index contributed by atoms with van der Waals surface area (Å²) in [4.78, 5) is 12.3. The van der Waals surface area contributed by atoms with Gasteiger partial charge in [0.25, 0.3) is 20.2 Å². The van der Waals surface area contributed by atoms with Crippen molar-refractivity contribution in [1.29, 1.82) is 0 Å². The second-order valence-electron chi connectivity index (χ2n) is 12.7. The zero-order chi connectivity index (χ0) is 32.3. The van der Waals surface area contributed by atoms with Crippen molar-refractivity contribution in [3.63, 3.8) is 0 Å². The third-order valence-electron chi connectivity index (χ3n) is 9.38. The van der Waals surface area contributed by atoms with E-state index in [1.165, 1.54) is 38.5 Å². The number of nitrogens with zero attached hydrogens (tertiary/aromatic N) is 2. The number of carboxylic acids is 1. The molecule has 0 atom stereocenters. The van der Waals surface area contributed by atoms with Crippen molar-refractivity contribution in [2.24, 2.45) is 0 Å². The van der Waals surface area contributed by atoms with Crippen LogP contribution in [0.4, 0.5) is 5.69 Å². The number of carboxylic acid groups (broad SMARTS) is 1. The molecule has 0 bridgehead atoms. The maximum atomic E-state index is 12.3. The Hall–Kier alpha value is -3.36. The first-order valence-electron chi connectivity index (χ1n) is 15.1. The third-order valence-corrected chi connectivity index (χ3v) is 14.7. The molecule has 0 saturated carbocycles. The number of aliphatic carboxylic acids is 1. The summed E-state index contributed by atoms with van der Waals surface area (Å²) in [6.07, 6.45) is 6.77. The smallest absolute Gasteiger partial charge is 0.303 e. The molecule has 3 heterocycles. The lowest BCUT2D eigenvalue weighted by atomic mass is 9.97. The van der Waals surface area contributed by atoms with Crippen LogP contribution in [0.3, 0.4) is 0 Å². The van der Waals surface area contributed by atoms with Crippen molar-refractivity contribution in [2.75, 3.05) is 24.5 Å². The molecule has 238 valence electrons. The Morgan fingerprint density at radius 1 is 0.933 bits per heavy atom. The Labute approximate surface area is 263 Å². The van der Waals surface area contributed by atoms with Gasteiger partial charge in [0.15, 0.2) is 6.54 Å². The number of benzene rings is 3. The van der Waals surface area contributed by atoms with E-state index in [4.69, 9.17) is 5.11 Å². The van der Waals surface area contributed by atoms with E-state index in [0.717, 1.165) is 55.3 Å². The molecular formula is C32H37N2O8S2Si+. The van der Waals surface area contributed by atoms with Gasteiger partial charge in [0.1, 0.15) is 19.5 Å². The quantitative estimate of drug-likeness (QED) is 0.184. The molecule has 13 heteroatoms. The van der Waals surface area contributed by atoms with E-state index in [1.54, 1.807) is 0 Å². The van der Waals surface area contributed by atoms with Crippen molar-refractivity contribution in [3.05, 3.63) is 75.3 Å². The Bertz CT molecular complexity index is 2090. The minimum atomic E-state index is -4.77. The molecule has 6 rings (SSSR count). The van der Waals surface area contributed by atoms with Crippen molar-refractivity contribution in [1.82, 2.24) is 4.58 Å².